The number of ether oxygens (including phenoxy) is 3. The van der Waals surface area contributed by atoms with Crippen molar-refractivity contribution in [2.75, 3.05) is 31.5 Å². The molecule has 1 heterocycles. The molecule has 148 valence electrons. The fraction of sp³-hybridized carbons (Fsp3) is 0.263. The smallest absolute Gasteiger partial charge is 0.345 e. The van der Waals surface area contributed by atoms with Crippen LogP contribution < -0.4 is 20.1 Å². The number of anilines is 2. The van der Waals surface area contributed by atoms with Gasteiger partial charge >= 0.3 is 12.0 Å². The number of benzene rings is 1. The third-order valence-corrected chi connectivity index (χ3v) is 3.57. The van der Waals surface area contributed by atoms with Gasteiger partial charge in [0.05, 0.1) is 20.8 Å². The van der Waals surface area contributed by atoms with Crippen LogP contribution in [0.4, 0.5) is 11.5 Å². The topological polar surface area (TPSA) is 112 Å². The Morgan fingerprint density at radius 3 is 2.54 bits per heavy atom. The SMILES string of the molecule is CCOC(=O)C(=CNc1cc(OC)nc(OC)n1)C(=O)Nc1ccccc1C. The van der Waals surface area contributed by atoms with Gasteiger partial charge in [-0.2, -0.15) is 9.97 Å². The van der Waals surface area contributed by atoms with Gasteiger partial charge in [-0.1, -0.05) is 18.2 Å². The summed E-state index contributed by atoms with van der Waals surface area (Å²) in [4.78, 5) is 33.0. The van der Waals surface area contributed by atoms with E-state index in [1.807, 2.05) is 19.1 Å². The van der Waals surface area contributed by atoms with Crippen LogP contribution >= 0.6 is 0 Å². The summed E-state index contributed by atoms with van der Waals surface area (Å²) in [5, 5.41) is 5.48. The highest BCUT2D eigenvalue weighted by Crippen LogP contribution is 2.18. The number of nitrogens with zero attached hydrogens (tertiary/aromatic N) is 2. The van der Waals surface area contributed by atoms with Crippen molar-refractivity contribution in [3.63, 3.8) is 0 Å². The lowest BCUT2D eigenvalue weighted by Crippen LogP contribution is -2.23. The van der Waals surface area contributed by atoms with Crippen LogP contribution in [-0.2, 0) is 14.3 Å². The molecule has 0 atom stereocenters. The van der Waals surface area contributed by atoms with Gasteiger partial charge in [0.25, 0.3) is 5.91 Å². The van der Waals surface area contributed by atoms with Crippen LogP contribution in [0.1, 0.15) is 12.5 Å². The molecule has 0 radical (unpaired) electrons. The number of hydrogen-bond acceptors (Lipinski definition) is 8. The van der Waals surface area contributed by atoms with Crippen LogP contribution in [0.2, 0.25) is 0 Å². The van der Waals surface area contributed by atoms with Crippen LogP contribution in [-0.4, -0.2) is 42.7 Å². The van der Waals surface area contributed by atoms with Crippen LogP contribution in [0.5, 0.6) is 11.9 Å². The van der Waals surface area contributed by atoms with Crippen molar-refractivity contribution in [3.05, 3.63) is 47.7 Å². The summed E-state index contributed by atoms with van der Waals surface area (Å²) >= 11 is 0. The first-order valence-electron chi connectivity index (χ1n) is 8.46. The van der Waals surface area contributed by atoms with Crippen LogP contribution in [0, 0.1) is 6.92 Å². The largest absolute Gasteiger partial charge is 0.481 e. The molecule has 1 amide bonds. The molecule has 0 saturated heterocycles. The number of aromatic nitrogens is 2. The van der Waals surface area contributed by atoms with E-state index in [2.05, 4.69) is 20.6 Å². The Labute approximate surface area is 162 Å². The number of amides is 1. The third-order valence-electron chi connectivity index (χ3n) is 3.57. The van der Waals surface area contributed by atoms with Crippen molar-refractivity contribution in [2.45, 2.75) is 13.8 Å². The monoisotopic (exact) mass is 386 g/mol. The summed E-state index contributed by atoms with van der Waals surface area (Å²) in [5.41, 5.74) is 1.23. The molecule has 1 aromatic heterocycles. The van der Waals surface area contributed by atoms with Crippen LogP contribution in [0.3, 0.4) is 0 Å². The second kappa shape index (κ2) is 9.91. The summed E-state index contributed by atoms with van der Waals surface area (Å²) in [7, 11) is 2.86. The molecular weight excluding hydrogens is 364 g/mol. The molecular formula is C19H22N4O5. The summed E-state index contributed by atoms with van der Waals surface area (Å²) < 4.78 is 15.0. The van der Waals surface area contributed by atoms with Gasteiger partial charge in [0.1, 0.15) is 11.4 Å². The quantitative estimate of drug-likeness (QED) is 0.308. The highest BCUT2D eigenvalue weighted by molar-refractivity contribution is 6.21. The maximum atomic E-state index is 12.6. The zero-order chi connectivity index (χ0) is 20.5. The summed E-state index contributed by atoms with van der Waals surface area (Å²) in [6.45, 7) is 3.63. The van der Waals surface area contributed by atoms with E-state index in [4.69, 9.17) is 14.2 Å². The molecule has 0 aliphatic rings. The van der Waals surface area contributed by atoms with Gasteiger partial charge in [-0.3, -0.25) is 4.79 Å². The second-order valence-corrected chi connectivity index (χ2v) is 5.47. The standard InChI is InChI=1S/C19H22N4O5/c1-5-28-18(25)13(17(24)21-14-9-7-6-8-12(14)2)11-20-15-10-16(26-3)23-19(22-15)27-4/h6-11H,5H2,1-4H3,(H,21,24)(H,20,22,23). The molecule has 0 unspecified atom stereocenters. The van der Waals surface area contributed by atoms with Gasteiger partial charge < -0.3 is 24.8 Å². The molecule has 28 heavy (non-hydrogen) atoms. The molecule has 0 saturated carbocycles. The fourth-order valence-corrected chi connectivity index (χ4v) is 2.15. The predicted octanol–water partition coefficient (Wildman–Crippen LogP) is 2.30. The molecule has 2 rings (SSSR count). The van der Waals surface area contributed by atoms with E-state index in [0.717, 1.165) is 5.56 Å². The van der Waals surface area contributed by atoms with Crippen molar-refractivity contribution in [1.29, 1.82) is 0 Å². The summed E-state index contributed by atoms with van der Waals surface area (Å²) in [6, 6.07) is 8.78. The zero-order valence-electron chi connectivity index (χ0n) is 16.1. The second-order valence-electron chi connectivity index (χ2n) is 5.47. The average Bonchev–Trinajstić information content (AvgIpc) is 2.69. The van der Waals surface area contributed by atoms with Gasteiger partial charge in [0.15, 0.2) is 0 Å². The van der Waals surface area contributed by atoms with E-state index in [1.54, 1.807) is 19.1 Å². The number of para-hydroxylation sites is 1. The Morgan fingerprint density at radius 2 is 1.89 bits per heavy atom. The van der Waals surface area contributed by atoms with E-state index in [9.17, 15) is 9.59 Å². The van der Waals surface area contributed by atoms with Gasteiger partial charge in [0.2, 0.25) is 5.88 Å². The number of carbonyl (C=O) groups excluding carboxylic acids is 2. The van der Waals surface area contributed by atoms with Crippen LogP contribution in [0.15, 0.2) is 42.1 Å². The van der Waals surface area contributed by atoms with Gasteiger partial charge in [-0.05, 0) is 25.5 Å². The average molecular weight is 386 g/mol. The summed E-state index contributed by atoms with van der Waals surface area (Å²) in [5.74, 6) is -0.860. The van der Waals surface area contributed by atoms with Crippen molar-refractivity contribution < 1.29 is 23.8 Å². The number of nitrogens with one attached hydrogen (secondary N) is 2. The Morgan fingerprint density at radius 1 is 1.14 bits per heavy atom. The summed E-state index contributed by atoms with van der Waals surface area (Å²) in [6.07, 6.45) is 1.22. The highest BCUT2D eigenvalue weighted by atomic mass is 16.5. The minimum atomic E-state index is -0.769. The first-order valence-corrected chi connectivity index (χ1v) is 8.46. The number of rotatable bonds is 8. The number of carbonyl (C=O) groups is 2. The first-order chi connectivity index (χ1) is 13.5. The molecule has 0 spiro atoms. The lowest BCUT2D eigenvalue weighted by atomic mass is 10.2. The Balaban J connectivity index is 2.28. The Hall–Kier alpha value is -3.62. The molecule has 9 nitrogen and oxygen atoms in total. The molecule has 9 heteroatoms. The fourth-order valence-electron chi connectivity index (χ4n) is 2.15. The number of aryl methyl sites for hydroxylation is 1. The maximum absolute atomic E-state index is 12.6. The van der Waals surface area contributed by atoms with Crippen molar-refractivity contribution in [3.8, 4) is 11.9 Å². The molecule has 0 aliphatic heterocycles. The lowest BCUT2D eigenvalue weighted by Gasteiger charge is -2.11. The predicted molar refractivity (Wildman–Crippen MR) is 103 cm³/mol. The normalized spacial score (nSPS) is 10.8. The minimum absolute atomic E-state index is 0.0669. The van der Waals surface area contributed by atoms with E-state index < -0.39 is 11.9 Å². The molecule has 2 aromatic rings. The van der Waals surface area contributed by atoms with E-state index in [1.165, 1.54) is 26.5 Å². The molecule has 1 aromatic carbocycles. The van der Waals surface area contributed by atoms with Gasteiger partial charge in [-0.15, -0.1) is 0 Å². The van der Waals surface area contributed by atoms with Gasteiger partial charge in [0, 0.05) is 18.0 Å². The minimum Gasteiger partial charge on any atom is -0.481 e. The third kappa shape index (κ3) is 5.44. The van der Waals surface area contributed by atoms with Crippen molar-refractivity contribution in [1.82, 2.24) is 9.97 Å². The Bertz CT molecular complexity index is 860. The zero-order valence-corrected chi connectivity index (χ0v) is 16.1. The molecule has 2 N–H and O–H groups in total. The first kappa shape index (κ1) is 20.7. The highest BCUT2D eigenvalue weighted by Gasteiger charge is 2.20. The van der Waals surface area contributed by atoms with Crippen molar-refractivity contribution in [2.24, 2.45) is 0 Å². The maximum Gasteiger partial charge on any atom is 0.345 e. The number of methoxy groups -OCH3 is 2. The van der Waals surface area contributed by atoms with Crippen LogP contribution in [0.25, 0.3) is 0 Å². The molecule has 0 fully saturated rings. The van der Waals surface area contributed by atoms with E-state index in [-0.39, 0.29) is 29.9 Å². The number of hydrogen-bond donors (Lipinski definition) is 2. The molecule has 0 bridgehead atoms. The van der Waals surface area contributed by atoms with Crippen molar-refractivity contribution >= 4 is 23.4 Å². The van der Waals surface area contributed by atoms with E-state index >= 15 is 0 Å². The Kier molecular flexibility index (Phi) is 7.32. The number of esters is 1. The van der Waals surface area contributed by atoms with E-state index in [0.29, 0.717) is 5.69 Å². The lowest BCUT2D eigenvalue weighted by molar-refractivity contribution is -0.139. The van der Waals surface area contributed by atoms with Gasteiger partial charge in [-0.25, -0.2) is 4.79 Å². The molecule has 0 aliphatic carbocycles.